The summed E-state index contributed by atoms with van der Waals surface area (Å²) >= 11 is 6.01. The first kappa shape index (κ1) is 25.1. The molecular formula is C27H32ClN3O4. The maximum Gasteiger partial charge on any atom is 0.307 e. The molecule has 186 valence electrons. The largest absolute Gasteiger partial charge is 0.489 e. The number of fused-ring (bicyclic) bond motifs is 1. The molecule has 8 heteroatoms. The number of nitrogens with one attached hydrogen (secondary N) is 2. The molecule has 1 saturated heterocycles. The van der Waals surface area contributed by atoms with Crippen molar-refractivity contribution in [2.24, 2.45) is 5.92 Å². The Morgan fingerprint density at radius 3 is 2.89 bits per heavy atom. The molecule has 1 fully saturated rings. The maximum absolute atomic E-state index is 11.3. The number of anilines is 1. The second-order valence-electron chi connectivity index (χ2n) is 9.49. The van der Waals surface area contributed by atoms with E-state index in [1.165, 1.54) is 0 Å². The lowest BCUT2D eigenvalue weighted by atomic mass is 9.97. The Labute approximate surface area is 211 Å². The number of carbonyl (C=O) groups is 1. The Balaban J connectivity index is 1.38. The van der Waals surface area contributed by atoms with E-state index in [0.717, 1.165) is 54.1 Å². The lowest BCUT2D eigenvalue weighted by Crippen LogP contribution is -2.40. The van der Waals surface area contributed by atoms with Gasteiger partial charge in [0.1, 0.15) is 29.9 Å². The molecule has 1 atom stereocenters. The molecule has 2 aliphatic rings. The lowest BCUT2D eigenvalue weighted by Gasteiger charge is -2.32. The van der Waals surface area contributed by atoms with Gasteiger partial charge in [-0.3, -0.25) is 15.1 Å². The van der Waals surface area contributed by atoms with E-state index in [-0.39, 0.29) is 17.1 Å². The second-order valence-corrected chi connectivity index (χ2v) is 9.86. The number of carboxylic acid groups (broad SMARTS) is 1. The summed E-state index contributed by atoms with van der Waals surface area (Å²) < 4.78 is 12.0. The highest BCUT2D eigenvalue weighted by atomic mass is 35.5. The molecule has 3 N–H and O–H groups in total. The minimum absolute atomic E-state index is 0.0113. The summed E-state index contributed by atoms with van der Waals surface area (Å²) in [5.74, 6) is 0.484. The molecule has 7 nitrogen and oxygen atoms in total. The number of hydrogen-bond donors (Lipinski definition) is 3. The van der Waals surface area contributed by atoms with Crippen LogP contribution in [0.4, 0.5) is 5.69 Å². The predicted molar refractivity (Wildman–Crippen MR) is 139 cm³/mol. The van der Waals surface area contributed by atoms with Crippen LogP contribution in [0.1, 0.15) is 43.4 Å². The number of carboxylic acids is 1. The molecule has 2 aliphatic heterocycles. The first-order chi connectivity index (χ1) is 16.8. The van der Waals surface area contributed by atoms with E-state index in [4.69, 9.17) is 26.5 Å². The van der Waals surface area contributed by atoms with Gasteiger partial charge in [0.2, 0.25) is 0 Å². The third-order valence-electron chi connectivity index (χ3n) is 6.21. The smallest absolute Gasteiger partial charge is 0.307 e. The quantitative estimate of drug-likeness (QED) is 0.411. The van der Waals surface area contributed by atoms with Crippen LogP contribution in [-0.4, -0.2) is 53.4 Å². The molecule has 4 rings (SSSR count). The van der Waals surface area contributed by atoms with Crippen LogP contribution in [0.2, 0.25) is 0 Å². The SMILES string of the molecule is CC(C)Nc1ccc(COc2ccc3c(c2)OCC(CN2CCC[C@@H](C(=O)O)C2)=C3)cc1C(=N)Cl. The Bertz CT molecular complexity index is 1130. The van der Waals surface area contributed by atoms with Crippen LogP contribution in [0.3, 0.4) is 0 Å². The highest BCUT2D eigenvalue weighted by molar-refractivity contribution is 6.69. The molecule has 2 aromatic rings. The fourth-order valence-corrected chi connectivity index (χ4v) is 4.68. The van der Waals surface area contributed by atoms with E-state index in [0.29, 0.717) is 31.1 Å². The predicted octanol–water partition coefficient (Wildman–Crippen LogP) is 5.22. The molecule has 0 unspecified atom stereocenters. The third-order valence-corrected chi connectivity index (χ3v) is 6.41. The summed E-state index contributed by atoms with van der Waals surface area (Å²) in [6.07, 6.45) is 3.79. The number of rotatable bonds is 9. The number of piperidine rings is 1. The zero-order chi connectivity index (χ0) is 24.9. The van der Waals surface area contributed by atoms with Crippen molar-refractivity contribution >= 4 is 34.5 Å². The Kier molecular flexibility index (Phi) is 7.98. The summed E-state index contributed by atoms with van der Waals surface area (Å²) in [6.45, 7) is 7.14. The molecular weight excluding hydrogens is 466 g/mol. The van der Waals surface area contributed by atoms with E-state index >= 15 is 0 Å². The summed E-state index contributed by atoms with van der Waals surface area (Å²) in [7, 11) is 0. The summed E-state index contributed by atoms with van der Waals surface area (Å²) in [5, 5.41) is 20.5. The first-order valence-corrected chi connectivity index (χ1v) is 12.3. The van der Waals surface area contributed by atoms with Crippen molar-refractivity contribution in [1.29, 1.82) is 5.41 Å². The van der Waals surface area contributed by atoms with E-state index in [1.807, 2.05) is 50.2 Å². The number of likely N-dealkylation sites (tertiary alicyclic amines) is 1. The molecule has 35 heavy (non-hydrogen) atoms. The van der Waals surface area contributed by atoms with Crippen LogP contribution in [0, 0.1) is 11.3 Å². The van der Waals surface area contributed by atoms with Gasteiger partial charge in [-0.15, -0.1) is 0 Å². The molecule has 0 saturated carbocycles. The van der Waals surface area contributed by atoms with Gasteiger partial charge in [0.15, 0.2) is 0 Å². The Morgan fingerprint density at radius 2 is 2.14 bits per heavy atom. The van der Waals surface area contributed by atoms with Gasteiger partial charge < -0.3 is 19.9 Å². The van der Waals surface area contributed by atoms with Crippen molar-refractivity contribution in [3.8, 4) is 11.5 Å². The summed E-state index contributed by atoms with van der Waals surface area (Å²) in [5.41, 5.74) is 4.53. The fraction of sp³-hybridized carbons (Fsp3) is 0.407. The number of nitrogens with zero attached hydrogens (tertiary/aromatic N) is 1. The van der Waals surface area contributed by atoms with Gasteiger partial charge in [-0.2, -0.15) is 0 Å². The van der Waals surface area contributed by atoms with Gasteiger partial charge in [0.05, 0.1) is 5.92 Å². The van der Waals surface area contributed by atoms with Crippen LogP contribution < -0.4 is 14.8 Å². The van der Waals surface area contributed by atoms with Gasteiger partial charge in [-0.1, -0.05) is 17.7 Å². The number of halogens is 1. The lowest BCUT2D eigenvalue weighted by molar-refractivity contribution is -0.143. The van der Waals surface area contributed by atoms with Crippen molar-refractivity contribution in [3.05, 3.63) is 58.7 Å². The van der Waals surface area contributed by atoms with Crippen LogP contribution in [0.15, 0.2) is 42.0 Å². The molecule has 0 amide bonds. The average molecular weight is 498 g/mol. The van der Waals surface area contributed by atoms with Crippen LogP contribution in [0.25, 0.3) is 6.08 Å². The molecule has 2 aromatic carbocycles. The van der Waals surface area contributed by atoms with Crippen LogP contribution in [-0.2, 0) is 11.4 Å². The highest BCUT2D eigenvalue weighted by Crippen LogP contribution is 2.32. The van der Waals surface area contributed by atoms with Gasteiger partial charge in [-0.25, -0.2) is 0 Å². The third kappa shape index (κ3) is 6.55. The van der Waals surface area contributed by atoms with Crippen LogP contribution >= 0.6 is 11.6 Å². The zero-order valence-corrected chi connectivity index (χ0v) is 20.9. The van der Waals surface area contributed by atoms with Gasteiger partial charge in [0, 0.05) is 42.0 Å². The second kappa shape index (κ2) is 11.1. The minimum atomic E-state index is -0.707. The molecule has 2 heterocycles. The summed E-state index contributed by atoms with van der Waals surface area (Å²) in [6, 6.07) is 11.8. The van der Waals surface area contributed by atoms with Crippen molar-refractivity contribution < 1.29 is 19.4 Å². The molecule has 0 aliphatic carbocycles. The summed E-state index contributed by atoms with van der Waals surface area (Å²) in [4.78, 5) is 13.5. The Hall–Kier alpha value is -3.03. The normalized spacial score (nSPS) is 17.8. The topological polar surface area (TPSA) is 94.9 Å². The van der Waals surface area contributed by atoms with E-state index in [9.17, 15) is 9.90 Å². The van der Waals surface area contributed by atoms with Crippen LogP contribution in [0.5, 0.6) is 11.5 Å². The van der Waals surface area contributed by atoms with E-state index < -0.39 is 5.97 Å². The van der Waals surface area contributed by atoms with Gasteiger partial charge in [-0.05, 0) is 74.7 Å². The fourth-order valence-electron chi connectivity index (χ4n) is 4.53. The van der Waals surface area contributed by atoms with Crippen molar-refractivity contribution in [2.75, 3.05) is 31.6 Å². The molecule has 0 aromatic heterocycles. The maximum atomic E-state index is 11.3. The number of benzene rings is 2. The monoisotopic (exact) mass is 497 g/mol. The highest BCUT2D eigenvalue weighted by Gasteiger charge is 2.26. The standard InChI is InChI=1S/C27H32ClN3O4/c1-17(2)30-24-8-5-18(11-23(24)26(28)29)15-34-22-7-6-20-10-19(16-35-25(20)12-22)13-31-9-3-4-21(14-31)27(32)33/h5-8,10-12,17,21,29-30H,3-4,9,13-16H2,1-2H3,(H,32,33)/t21-/m1/s1. The van der Waals surface area contributed by atoms with Crippen molar-refractivity contribution in [1.82, 2.24) is 4.90 Å². The van der Waals surface area contributed by atoms with Gasteiger partial charge >= 0.3 is 5.97 Å². The molecule has 0 radical (unpaired) electrons. The number of aliphatic carboxylic acids is 1. The van der Waals surface area contributed by atoms with E-state index in [1.54, 1.807) is 0 Å². The molecule has 0 bridgehead atoms. The van der Waals surface area contributed by atoms with Crippen molar-refractivity contribution in [3.63, 3.8) is 0 Å². The Morgan fingerprint density at radius 1 is 1.31 bits per heavy atom. The first-order valence-electron chi connectivity index (χ1n) is 12.0. The van der Waals surface area contributed by atoms with Crippen molar-refractivity contribution in [2.45, 2.75) is 39.3 Å². The number of ether oxygens (including phenoxy) is 2. The number of hydrogen-bond acceptors (Lipinski definition) is 6. The zero-order valence-electron chi connectivity index (χ0n) is 20.1. The van der Waals surface area contributed by atoms with E-state index in [2.05, 4.69) is 16.3 Å². The molecule has 0 spiro atoms. The average Bonchev–Trinajstić information content (AvgIpc) is 2.83. The van der Waals surface area contributed by atoms with Gasteiger partial charge in [0.25, 0.3) is 0 Å². The minimum Gasteiger partial charge on any atom is -0.489 e.